The van der Waals surface area contributed by atoms with E-state index in [1.54, 1.807) is 12.4 Å². The monoisotopic (exact) mass is 414 g/mol. The van der Waals surface area contributed by atoms with Gasteiger partial charge in [0.25, 0.3) is 0 Å². The van der Waals surface area contributed by atoms with Crippen molar-refractivity contribution < 1.29 is 14.2 Å². The van der Waals surface area contributed by atoms with E-state index in [0.717, 1.165) is 62.6 Å². The lowest BCUT2D eigenvalue weighted by Gasteiger charge is -2.08. The van der Waals surface area contributed by atoms with E-state index >= 15 is 0 Å². The van der Waals surface area contributed by atoms with E-state index in [1.165, 1.54) is 32.1 Å². The van der Waals surface area contributed by atoms with Gasteiger partial charge in [0, 0.05) is 18.8 Å². The van der Waals surface area contributed by atoms with Crippen molar-refractivity contribution in [3.8, 4) is 22.9 Å². The lowest BCUT2D eigenvalue weighted by molar-refractivity contribution is 0.142. The molecule has 0 atom stereocenters. The van der Waals surface area contributed by atoms with Crippen LogP contribution in [0.2, 0.25) is 0 Å². The fourth-order valence-corrected chi connectivity index (χ4v) is 3.13. The molecule has 0 unspecified atom stereocenters. The topological polar surface area (TPSA) is 53.5 Å². The Balaban J connectivity index is 1.65. The highest BCUT2D eigenvalue weighted by Crippen LogP contribution is 2.21. The van der Waals surface area contributed by atoms with Crippen LogP contribution in [0.1, 0.15) is 71.6 Å². The smallest absolute Gasteiger partial charge is 0.159 e. The van der Waals surface area contributed by atoms with Crippen molar-refractivity contribution >= 4 is 0 Å². The highest BCUT2D eigenvalue weighted by Gasteiger charge is 2.03. The zero-order chi connectivity index (χ0) is 21.3. The molecule has 5 heteroatoms. The van der Waals surface area contributed by atoms with Crippen molar-refractivity contribution in [3.63, 3.8) is 0 Å². The Morgan fingerprint density at radius 2 is 1.20 bits per heavy atom. The molecule has 0 amide bonds. The number of ether oxygens (including phenoxy) is 3. The molecule has 30 heavy (non-hydrogen) atoms. The predicted molar refractivity (Wildman–Crippen MR) is 122 cm³/mol. The van der Waals surface area contributed by atoms with Gasteiger partial charge in [-0.05, 0) is 56.9 Å². The zero-order valence-electron chi connectivity index (χ0n) is 18.8. The van der Waals surface area contributed by atoms with E-state index in [0.29, 0.717) is 12.4 Å². The normalized spacial score (nSPS) is 10.9. The molecule has 0 aliphatic carbocycles. The molecule has 0 fully saturated rings. The standard InChI is InChI=1S/C25H38N2O3/c1-3-5-6-7-11-18-29-23-15-13-22(14-16-23)25-26-20-24(21-27-25)30-19-12-9-8-10-17-28-4-2/h13-16,20-21H,3-12,17-19H2,1-2H3. The number of unbranched alkanes of at least 4 members (excludes halogenated alkanes) is 7. The van der Waals surface area contributed by atoms with Crippen molar-refractivity contribution in [2.45, 2.75) is 71.6 Å². The van der Waals surface area contributed by atoms with Crippen LogP contribution in [0, 0.1) is 0 Å². The molecule has 2 rings (SSSR count). The van der Waals surface area contributed by atoms with Crippen LogP contribution >= 0.6 is 0 Å². The highest BCUT2D eigenvalue weighted by atomic mass is 16.5. The average Bonchev–Trinajstić information content (AvgIpc) is 2.79. The number of nitrogens with zero attached hydrogens (tertiary/aromatic N) is 2. The van der Waals surface area contributed by atoms with Crippen LogP contribution in [-0.2, 0) is 4.74 Å². The van der Waals surface area contributed by atoms with Crippen molar-refractivity contribution in [2.75, 3.05) is 26.4 Å². The summed E-state index contributed by atoms with van der Waals surface area (Å²) in [5.74, 6) is 2.32. The average molecular weight is 415 g/mol. The third-order valence-electron chi connectivity index (χ3n) is 4.91. The largest absolute Gasteiger partial charge is 0.494 e. The molecular formula is C25H38N2O3. The molecule has 0 radical (unpaired) electrons. The summed E-state index contributed by atoms with van der Waals surface area (Å²) in [5.41, 5.74) is 0.978. The van der Waals surface area contributed by atoms with Crippen molar-refractivity contribution in [3.05, 3.63) is 36.7 Å². The summed E-state index contributed by atoms with van der Waals surface area (Å²) >= 11 is 0. The predicted octanol–water partition coefficient (Wildman–Crippen LogP) is 6.47. The third-order valence-corrected chi connectivity index (χ3v) is 4.91. The third kappa shape index (κ3) is 10.1. The van der Waals surface area contributed by atoms with Gasteiger partial charge in [-0.15, -0.1) is 0 Å². The lowest BCUT2D eigenvalue weighted by atomic mass is 10.2. The van der Waals surface area contributed by atoms with Crippen LogP contribution in [0.25, 0.3) is 11.4 Å². The summed E-state index contributed by atoms with van der Waals surface area (Å²) < 4.78 is 16.9. The van der Waals surface area contributed by atoms with Crippen LogP contribution in [0.4, 0.5) is 0 Å². The summed E-state index contributed by atoms with van der Waals surface area (Å²) in [5, 5.41) is 0. The van der Waals surface area contributed by atoms with Gasteiger partial charge >= 0.3 is 0 Å². The Labute approximate surface area is 182 Å². The first-order chi connectivity index (χ1) is 14.8. The second kappa shape index (κ2) is 15.7. The van der Waals surface area contributed by atoms with E-state index in [-0.39, 0.29) is 0 Å². The van der Waals surface area contributed by atoms with E-state index in [1.807, 2.05) is 31.2 Å². The number of rotatable bonds is 17. The van der Waals surface area contributed by atoms with Gasteiger partial charge in [0.1, 0.15) is 5.75 Å². The molecule has 2 aromatic rings. The maximum Gasteiger partial charge on any atom is 0.159 e. The molecule has 1 heterocycles. The lowest BCUT2D eigenvalue weighted by Crippen LogP contribution is -2.00. The van der Waals surface area contributed by atoms with Gasteiger partial charge in [-0.25, -0.2) is 9.97 Å². The summed E-state index contributed by atoms with van der Waals surface area (Å²) in [7, 11) is 0. The Bertz CT molecular complexity index is 659. The van der Waals surface area contributed by atoms with Crippen LogP contribution in [0.3, 0.4) is 0 Å². The van der Waals surface area contributed by atoms with Gasteiger partial charge in [0.05, 0.1) is 25.6 Å². The highest BCUT2D eigenvalue weighted by molar-refractivity contribution is 5.56. The van der Waals surface area contributed by atoms with Crippen molar-refractivity contribution in [2.24, 2.45) is 0 Å². The fourth-order valence-electron chi connectivity index (χ4n) is 3.13. The maximum absolute atomic E-state index is 5.82. The minimum Gasteiger partial charge on any atom is -0.494 e. The second-order valence-electron chi connectivity index (χ2n) is 7.49. The van der Waals surface area contributed by atoms with E-state index in [9.17, 15) is 0 Å². The van der Waals surface area contributed by atoms with Gasteiger partial charge in [0.2, 0.25) is 0 Å². The summed E-state index contributed by atoms with van der Waals surface area (Å²) in [6, 6.07) is 7.98. The summed E-state index contributed by atoms with van der Waals surface area (Å²) in [4.78, 5) is 8.88. The first-order valence-electron chi connectivity index (χ1n) is 11.6. The van der Waals surface area contributed by atoms with Crippen LogP contribution in [0.5, 0.6) is 11.5 Å². The van der Waals surface area contributed by atoms with E-state index in [4.69, 9.17) is 14.2 Å². The van der Waals surface area contributed by atoms with E-state index in [2.05, 4.69) is 16.9 Å². The van der Waals surface area contributed by atoms with Crippen LogP contribution < -0.4 is 9.47 Å². The van der Waals surface area contributed by atoms with Gasteiger partial charge in [-0.3, -0.25) is 0 Å². The zero-order valence-corrected chi connectivity index (χ0v) is 18.8. The van der Waals surface area contributed by atoms with Crippen molar-refractivity contribution in [1.82, 2.24) is 9.97 Å². The first-order valence-corrected chi connectivity index (χ1v) is 11.6. The molecule has 0 aliphatic rings. The van der Waals surface area contributed by atoms with Gasteiger partial charge in [-0.1, -0.05) is 39.0 Å². The second-order valence-corrected chi connectivity index (χ2v) is 7.49. The molecule has 5 nitrogen and oxygen atoms in total. The quantitative estimate of drug-likeness (QED) is 0.278. The molecule has 0 aliphatic heterocycles. The molecule has 0 saturated carbocycles. The summed E-state index contributed by atoms with van der Waals surface area (Å²) in [6.45, 7) is 7.40. The van der Waals surface area contributed by atoms with Crippen LogP contribution in [-0.4, -0.2) is 36.4 Å². The molecule has 1 aromatic carbocycles. The number of hydrogen-bond donors (Lipinski definition) is 0. The summed E-state index contributed by atoms with van der Waals surface area (Å²) in [6.07, 6.45) is 14.2. The maximum atomic E-state index is 5.82. The van der Waals surface area contributed by atoms with Crippen molar-refractivity contribution in [1.29, 1.82) is 0 Å². The molecule has 0 bridgehead atoms. The SMILES string of the molecule is CCCCCCCOc1ccc(-c2ncc(OCCCCCCOCC)cn2)cc1. The number of aromatic nitrogens is 2. The minimum atomic E-state index is 0.696. The molecule has 1 aromatic heterocycles. The minimum absolute atomic E-state index is 0.696. The molecule has 0 spiro atoms. The molecule has 166 valence electrons. The van der Waals surface area contributed by atoms with Gasteiger partial charge in [0.15, 0.2) is 11.6 Å². The Kier molecular flexibility index (Phi) is 12.6. The van der Waals surface area contributed by atoms with Crippen LogP contribution in [0.15, 0.2) is 36.7 Å². The number of benzene rings is 1. The van der Waals surface area contributed by atoms with Gasteiger partial charge in [-0.2, -0.15) is 0 Å². The van der Waals surface area contributed by atoms with Gasteiger partial charge < -0.3 is 14.2 Å². The Morgan fingerprint density at radius 1 is 0.633 bits per heavy atom. The first kappa shape index (κ1) is 24.1. The fraction of sp³-hybridized carbons (Fsp3) is 0.600. The Hall–Kier alpha value is -2.14. The molecule has 0 N–H and O–H groups in total. The Morgan fingerprint density at radius 3 is 1.80 bits per heavy atom. The molecule has 0 saturated heterocycles. The number of hydrogen-bond acceptors (Lipinski definition) is 5. The van der Waals surface area contributed by atoms with E-state index < -0.39 is 0 Å². The molecular weight excluding hydrogens is 376 g/mol.